The Morgan fingerprint density at radius 1 is 1.31 bits per heavy atom. The lowest BCUT2D eigenvalue weighted by Gasteiger charge is -2.37. The van der Waals surface area contributed by atoms with Crippen LogP contribution in [0.3, 0.4) is 0 Å². The zero-order chi connectivity index (χ0) is 18.8. The van der Waals surface area contributed by atoms with Gasteiger partial charge in [0.2, 0.25) is 5.91 Å². The standard InChI is InChI=1S/C18H21F3N2O3/c1-25-15-5-3-2-4-13(15)14-12-17(26-22-14)8-10-23(11-9-17)16(24)6-7-18(19,20)21/h2-5H,6-12H2,1H3. The van der Waals surface area contributed by atoms with E-state index in [1.165, 1.54) is 4.90 Å². The topological polar surface area (TPSA) is 51.1 Å². The Hall–Kier alpha value is -2.25. The summed E-state index contributed by atoms with van der Waals surface area (Å²) in [7, 11) is 1.59. The van der Waals surface area contributed by atoms with Crippen molar-refractivity contribution < 1.29 is 27.5 Å². The summed E-state index contributed by atoms with van der Waals surface area (Å²) in [6.07, 6.45) is -4.19. The van der Waals surface area contributed by atoms with Crippen LogP contribution in [0.25, 0.3) is 0 Å². The number of halogens is 3. The van der Waals surface area contributed by atoms with Crippen LogP contribution in [-0.4, -0.2) is 48.5 Å². The normalized spacial score (nSPS) is 19.2. The van der Waals surface area contributed by atoms with Crippen molar-refractivity contribution in [3.63, 3.8) is 0 Å². The number of hydrogen-bond acceptors (Lipinski definition) is 4. The zero-order valence-corrected chi connectivity index (χ0v) is 14.5. The molecule has 26 heavy (non-hydrogen) atoms. The number of benzene rings is 1. The predicted molar refractivity (Wildman–Crippen MR) is 89.1 cm³/mol. The lowest BCUT2D eigenvalue weighted by Crippen LogP contribution is -2.47. The third-order valence-electron chi connectivity index (χ3n) is 4.91. The number of nitrogens with zero attached hydrogens (tertiary/aromatic N) is 2. The molecule has 1 fully saturated rings. The van der Waals surface area contributed by atoms with Gasteiger partial charge < -0.3 is 14.5 Å². The summed E-state index contributed by atoms with van der Waals surface area (Å²) in [6, 6.07) is 7.54. The molecule has 0 atom stereocenters. The van der Waals surface area contributed by atoms with Crippen molar-refractivity contribution in [2.24, 2.45) is 5.16 Å². The van der Waals surface area contributed by atoms with Gasteiger partial charge in [0.25, 0.3) is 0 Å². The number of alkyl halides is 3. The fraction of sp³-hybridized carbons (Fsp3) is 0.556. The van der Waals surface area contributed by atoms with Crippen LogP contribution in [0.1, 0.15) is 37.7 Å². The first-order chi connectivity index (χ1) is 12.3. The Morgan fingerprint density at radius 2 is 2.00 bits per heavy atom. The van der Waals surface area contributed by atoms with Crippen LogP contribution in [0.4, 0.5) is 13.2 Å². The van der Waals surface area contributed by atoms with Crippen LogP contribution in [0.15, 0.2) is 29.4 Å². The summed E-state index contributed by atoms with van der Waals surface area (Å²) in [6.45, 7) is 0.761. The minimum atomic E-state index is -4.31. The molecule has 0 radical (unpaired) electrons. The van der Waals surface area contributed by atoms with Gasteiger partial charge in [-0.15, -0.1) is 0 Å². The van der Waals surface area contributed by atoms with E-state index in [-0.39, 0.29) is 0 Å². The number of piperidine rings is 1. The molecule has 1 spiro atoms. The molecule has 1 amide bonds. The number of methoxy groups -OCH3 is 1. The van der Waals surface area contributed by atoms with E-state index in [0.29, 0.717) is 38.1 Å². The van der Waals surface area contributed by atoms with Gasteiger partial charge in [-0.1, -0.05) is 17.3 Å². The largest absolute Gasteiger partial charge is 0.496 e. The van der Waals surface area contributed by atoms with Gasteiger partial charge in [0.1, 0.15) is 11.4 Å². The molecule has 8 heteroatoms. The maximum absolute atomic E-state index is 12.3. The maximum Gasteiger partial charge on any atom is 0.389 e. The Morgan fingerprint density at radius 3 is 2.65 bits per heavy atom. The molecular weight excluding hydrogens is 349 g/mol. The van der Waals surface area contributed by atoms with Crippen LogP contribution in [0, 0.1) is 0 Å². The van der Waals surface area contributed by atoms with Crippen LogP contribution in [-0.2, 0) is 9.63 Å². The van der Waals surface area contributed by atoms with E-state index in [1.807, 2.05) is 24.3 Å². The second kappa shape index (κ2) is 7.17. The Bertz CT molecular complexity index is 695. The molecule has 3 rings (SSSR count). The lowest BCUT2D eigenvalue weighted by atomic mass is 9.85. The monoisotopic (exact) mass is 370 g/mol. The summed E-state index contributed by atoms with van der Waals surface area (Å²) in [5.41, 5.74) is 1.17. The van der Waals surface area contributed by atoms with Gasteiger partial charge in [0.15, 0.2) is 0 Å². The highest BCUT2D eigenvalue weighted by molar-refractivity contribution is 6.03. The second-order valence-corrected chi connectivity index (χ2v) is 6.69. The van der Waals surface area contributed by atoms with E-state index in [2.05, 4.69) is 5.16 Å². The number of oxime groups is 1. The molecule has 0 N–H and O–H groups in total. The van der Waals surface area contributed by atoms with Gasteiger partial charge >= 0.3 is 6.18 Å². The molecule has 2 heterocycles. The fourth-order valence-corrected chi connectivity index (χ4v) is 3.39. The molecule has 1 aromatic carbocycles. The number of para-hydroxylation sites is 1. The number of carbonyl (C=O) groups excluding carboxylic acids is 1. The average molecular weight is 370 g/mol. The van der Waals surface area contributed by atoms with Gasteiger partial charge in [0.05, 0.1) is 19.2 Å². The van der Waals surface area contributed by atoms with E-state index >= 15 is 0 Å². The molecule has 0 unspecified atom stereocenters. The van der Waals surface area contributed by atoms with E-state index in [4.69, 9.17) is 9.57 Å². The van der Waals surface area contributed by atoms with Crippen molar-refractivity contribution in [1.82, 2.24) is 4.90 Å². The summed E-state index contributed by atoms with van der Waals surface area (Å²) < 4.78 is 42.2. The molecule has 0 aromatic heterocycles. The predicted octanol–water partition coefficient (Wildman–Crippen LogP) is 3.52. The van der Waals surface area contributed by atoms with Crippen molar-refractivity contribution in [3.8, 4) is 5.75 Å². The SMILES string of the molecule is COc1ccccc1C1=NOC2(CCN(C(=O)CCC(F)(F)F)CC2)C1. The summed E-state index contributed by atoms with van der Waals surface area (Å²) in [4.78, 5) is 19.1. The number of hydrogen-bond donors (Lipinski definition) is 0. The van der Waals surface area contributed by atoms with E-state index in [9.17, 15) is 18.0 Å². The molecule has 2 aliphatic heterocycles. The molecule has 1 saturated heterocycles. The first-order valence-corrected chi connectivity index (χ1v) is 8.55. The highest BCUT2D eigenvalue weighted by Crippen LogP contribution is 2.38. The van der Waals surface area contributed by atoms with Gasteiger partial charge in [-0.3, -0.25) is 4.79 Å². The highest BCUT2D eigenvalue weighted by Gasteiger charge is 2.43. The number of carbonyl (C=O) groups is 1. The minimum absolute atomic E-state index is 0.380. The van der Waals surface area contributed by atoms with E-state index in [1.54, 1.807) is 7.11 Å². The van der Waals surface area contributed by atoms with Crippen molar-refractivity contribution in [1.29, 1.82) is 0 Å². The molecule has 1 aromatic rings. The smallest absolute Gasteiger partial charge is 0.389 e. The third-order valence-corrected chi connectivity index (χ3v) is 4.91. The lowest BCUT2D eigenvalue weighted by molar-refractivity contribution is -0.152. The van der Waals surface area contributed by atoms with Crippen LogP contribution < -0.4 is 4.74 Å². The maximum atomic E-state index is 12.3. The number of ether oxygens (including phenoxy) is 1. The zero-order valence-electron chi connectivity index (χ0n) is 14.5. The van der Waals surface area contributed by atoms with Gasteiger partial charge in [-0.05, 0) is 12.1 Å². The molecule has 0 saturated carbocycles. The molecule has 2 aliphatic rings. The van der Waals surface area contributed by atoms with Crippen molar-refractivity contribution in [2.45, 2.75) is 43.9 Å². The van der Waals surface area contributed by atoms with Gasteiger partial charge in [-0.25, -0.2) is 0 Å². The van der Waals surface area contributed by atoms with Gasteiger partial charge in [-0.2, -0.15) is 13.2 Å². The Balaban J connectivity index is 1.56. The summed E-state index contributed by atoms with van der Waals surface area (Å²) >= 11 is 0. The molecule has 5 nitrogen and oxygen atoms in total. The van der Waals surface area contributed by atoms with Crippen molar-refractivity contribution >= 4 is 11.6 Å². The first-order valence-electron chi connectivity index (χ1n) is 8.55. The highest BCUT2D eigenvalue weighted by atomic mass is 19.4. The Labute approximate surface area is 149 Å². The van der Waals surface area contributed by atoms with Crippen molar-refractivity contribution in [3.05, 3.63) is 29.8 Å². The van der Waals surface area contributed by atoms with Crippen LogP contribution in [0.2, 0.25) is 0 Å². The minimum Gasteiger partial charge on any atom is -0.496 e. The number of rotatable bonds is 4. The number of likely N-dealkylation sites (tertiary alicyclic amines) is 1. The van der Waals surface area contributed by atoms with Crippen molar-refractivity contribution in [2.75, 3.05) is 20.2 Å². The Kier molecular flexibility index (Phi) is 5.11. The van der Waals surface area contributed by atoms with Crippen LogP contribution >= 0.6 is 0 Å². The van der Waals surface area contributed by atoms with Crippen LogP contribution in [0.5, 0.6) is 5.75 Å². The summed E-state index contributed by atoms with van der Waals surface area (Å²) in [5, 5.41) is 4.21. The molecule has 142 valence electrons. The fourth-order valence-electron chi connectivity index (χ4n) is 3.39. The third kappa shape index (κ3) is 4.11. The molecule has 0 aliphatic carbocycles. The molecule has 0 bridgehead atoms. The van der Waals surface area contributed by atoms with E-state index < -0.39 is 30.5 Å². The second-order valence-electron chi connectivity index (χ2n) is 6.69. The van der Waals surface area contributed by atoms with E-state index in [0.717, 1.165) is 11.3 Å². The summed E-state index contributed by atoms with van der Waals surface area (Å²) in [5.74, 6) is 0.257. The molecular formula is C18H21F3N2O3. The van der Waals surface area contributed by atoms with Gasteiger partial charge in [0, 0.05) is 44.3 Å². The quantitative estimate of drug-likeness (QED) is 0.815. The average Bonchev–Trinajstić information content (AvgIpc) is 3.03. The first kappa shape index (κ1) is 18.5. The number of amides is 1.